The summed E-state index contributed by atoms with van der Waals surface area (Å²) < 4.78 is 77.0. The van der Waals surface area contributed by atoms with E-state index in [1.54, 1.807) is 0 Å². The van der Waals surface area contributed by atoms with Gasteiger partial charge in [0.2, 0.25) is 0 Å². The van der Waals surface area contributed by atoms with Crippen LogP contribution in [-0.4, -0.2) is 198 Å². The lowest BCUT2D eigenvalue weighted by atomic mass is 9.78. The summed E-state index contributed by atoms with van der Waals surface area (Å²) in [6.07, 6.45) is 3.25. The van der Waals surface area contributed by atoms with Crippen LogP contribution in [0.2, 0.25) is 0 Å². The zero-order chi connectivity index (χ0) is 66.1. The van der Waals surface area contributed by atoms with Gasteiger partial charge in [0.05, 0.1) is 96.1 Å². The van der Waals surface area contributed by atoms with E-state index < -0.39 is 6.10 Å². The van der Waals surface area contributed by atoms with Gasteiger partial charge in [-0.25, -0.2) is 0 Å². The summed E-state index contributed by atoms with van der Waals surface area (Å²) in [4.78, 5) is 7.13. The van der Waals surface area contributed by atoms with Gasteiger partial charge in [-0.1, -0.05) is 100 Å². The SMILES string of the molecule is CC(C)(c1ccc(OCC(O)COc2ccc(C(C)(C)c3ccc(OCC4CO4)cc3)cc2)cc1)c1ccc(OCC2CO2)cc1.c1cc(N(CC2CO2)CC2CO2)ccc1Cc1ccc(N(CC2CO2)CC2CO2)cc1.c1cc(N(CC2CO2)CC2CO2)ccc1OCC1CO1. The van der Waals surface area contributed by atoms with Crippen molar-refractivity contribution in [1.82, 2.24) is 0 Å². The molecule has 9 aliphatic rings. The fourth-order valence-corrected chi connectivity index (χ4v) is 11.7. The van der Waals surface area contributed by atoms with Crippen molar-refractivity contribution in [2.24, 2.45) is 0 Å². The Morgan fingerprint density at radius 3 is 0.742 bits per heavy atom. The van der Waals surface area contributed by atoms with Crippen molar-refractivity contribution < 1.29 is 71.4 Å². The maximum absolute atomic E-state index is 10.5. The molecule has 0 aromatic heterocycles. The predicted molar refractivity (Wildman–Crippen MR) is 370 cm³/mol. The molecule has 9 unspecified atom stereocenters. The number of aliphatic hydroxyl groups is 1. The molecule has 0 radical (unpaired) electrons. The largest absolute Gasteiger partial charge is 0.491 e. The van der Waals surface area contributed by atoms with Crippen LogP contribution in [0.25, 0.3) is 0 Å². The smallest absolute Gasteiger partial charge is 0.122 e. The lowest BCUT2D eigenvalue weighted by Crippen LogP contribution is -2.31. The van der Waals surface area contributed by atoms with E-state index in [2.05, 4.69) is 152 Å². The molecule has 16 rings (SSSR count). The van der Waals surface area contributed by atoms with Gasteiger partial charge in [-0.05, 0) is 137 Å². The summed E-state index contributed by atoms with van der Waals surface area (Å²) in [6, 6.07) is 58.8. The van der Waals surface area contributed by atoms with Crippen LogP contribution in [0.4, 0.5) is 17.1 Å². The highest BCUT2D eigenvalue weighted by molar-refractivity contribution is 5.53. The molecule has 0 bridgehead atoms. The Hall–Kier alpha value is -7.46. The second kappa shape index (κ2) is 30.8. The van der Waals surface area contributed by atoms with E-state index in [1.165, 1.54) is 50.4 Å². The van der Waals surface area contributed by atoms with Crippen LogP contribution in [0.5, 0.6) is 28.7 Å². The van der Waals surface area contributed by atoms with E-state index in [4.69, 9.17) is 66.3 Å². The molecule has 514 valence electrons. The molecule has 9 saturated heterocycles. The molecular formula is C79H93N3O15. The van der Waals surface area contributed by atoms with Crippen molar-refractivity contribution in [1.29, 1.82) is 0 Å². The van der Waals surface area contributed by atoms with Gasteiger partial charge in [0.15, 0.2) is 0 Å². The van der Waals surface area contributed by atoms with Gasteiger partial charge in [-0.2, -0.15) is 0 Å². The van der Waals surface area contributed by atoms with E-state index in [-0.39, 0.29) is 36.3 Å². The van der Waals surface area contributed by atoms with E-state index in [0.29, 0.717) is 74.0 Å². The number of anilines is 3. The summed E-state index contributed by atoms with van der Waals surface area (Å²) in [5.74, 6) is 4.01. The van der Waals surface area contributed by atoms with Crippen molar-refractivity contribution in [3.05, 3.63) is 203 Å². The Morgan fingerprint density at radius 2 is 0.515 bits per heavy atom. The molecule has 7 aromatic carbocycles. The fourth-order valence-electron chi connectivity index (χ4n) is 11.7. The zero-order valence-corrected chi connectivity index (χ0v) is 56.3. The highest BCUT2D eigenvalue weighted by Crippen LogP contribution is 2.37. The van der Waals surface area contributed by atoms with Crippen molar-refractivity contribution in [3.63, 3.8) is 0 Å². The van der Waals surface area contributed by atoms with Gasteiger partial charge in [-0.3, -0.25) is 0 Å². The van der Waals surface area contributed by atoms with Crippen LogP contribution >= 0.6 is 0 Å². The molecule has 0 saturated carbocycles. The number of benzene rings is 7. The van der Waals surface area contributed by atoms with Crippen LogP contribution in [-0.2, 0) is 59.9 Å². The Balaban J connectivity index is 0.000000135. The van der Waals surface area contributed by atoms with Crippen LogP contribution in [0.1, 0.15) is 61.1 Å². The Morgan fingerprint density at radius 1 is 0.309 bits per heavy atom. The van der Waals surface area contributed by atoms with Crippen LogP contribution < -0.4 is 38.4 Å². The number of aliphatic hydroxyl groups excluding tert-OH is 1. The van der Waals surface area contributed by atoms with Crippen LogP contribution in [0, 0.1) is 0 Å². The number of hydrogen-bond donors (Lipinski definition) is 1. The van der Waals surface area contributed by atoms with E-state index in [0.717, 1.165) is 122 Å². The van der Waals surface area contributed by atoms with E-state index in [1.807, 2.05) is 60.7 Å². The zero-order valence-electron chi connectivity index (χ0n) is 56.3. The monoisotopic (exact) mass is 1320 g/mol. The summed E-state index contributed by atoms with van der Waals surface area (Å²) in [5.41, 5.74) is 10.7. The van der Waals surface area contributed by atoms with Crippen LogP contribution in [0.15, 0.2) is 170 Å². The minimum Gasteiger partial charge on any atom is -0.491 e. The fraction of sp³-hybridized carbons (Fsp3) is 0.468. The molecule has 0 aliphatic carbocycles. The molecule has 0 spiro atoms. The van der Waals surface area contributed by atoms with Gasteiger partial charge in [0.25, 0.3) is 0 Å². The molecule has 9 aliphatic heterocycles. The number of rotatable bonds is 36. The van der Waals surface area contributed by atoms with Gasteiger partial charge in [0, 0.05) is 67.2 Å². The highest BCUT2D eigenvalue weighted by Gasteiger charge is 2.35. The summed E-state index contributed by atoms with van der Waals surface area (Å²) in [5, 5.41) is 10.5. The molecule has 0 amide bonds. The Bertz CT molecular complexity index is 3330. The first kappa shape index (κ1) is 66.8. The lowest BCUT2D eigenvalue weighted by molar-refractivity contribution is 0.0626. The molecule has 9 fully saturated rings. The molecule has 18 heteroatoms. The van der Waals surface area contributed by atoms with Crippen molar-refractivity contribution in [2.45, 2.75) is 106 Å². The average molecular weight is 1320 g/mol. The van der Waals surface area contributed by atoms with Crippen LogP contribution in [0.3, 0.4) is 0 Å². The standard InChI is InChI=1S/C39H44O7.C25H30N2O4.C15H19NO4/c1-38(2,29-9-17-34(18-10-29)43-23-36-25-45-36)27-5-13-32(14-6-27)41-21-31(40)22-42-33-15-7-28(8-16-33)39(3,4)30-11-19-35(20-12-30)44-24-37-26-46-37;1-5-20(26(10-22-14-28-22)11-23-15-29-23)6-2-18(1)9-19-3-7-21(8-4-19)27(12-24-16-30-24)13-25-17-31-25;1-3-12(17-9-15-10-20-15)4-2-11(1)16(5-13-7-18-13)6-14-8-19-14/h5-20,31,36-37,40H,21-26H2,1-4H3;1-8,22-25H,9-17H2;1-4,13-15H,5-10H2. The second-order valence-corrected chi connectivity index (χ2v) is 27.9. The third-order valence-corrected chi connectivity index (χ3v) is 18.9. The number of epoxide rings is 9. The third-order valence-electron chi connectivity index (χ3n) is 18.9. The second-order valence-electron chi connectivity index (χ2n) is 27.9. The van der Waals surface area contributed by atoms with Gasteiger partial charge < -0.3 is 86.1 Å². The first-order valence-electron chi connectivity index (χ1n) is 34.6. The normalized spacial score (nSPS) is 23.5. The molecule has 18 nitrogen and oxygen atoms in total. The van der Waals surface area contributed by atoms with E-state index >= 15 is 0 Å². The van der Waals surface area contributed by atoms with Gasteiger partial charge >= 0.3 is 0 Å². The topological polar surface area (TPSA) is 189 Å². The summed E-state index contributed by atoms with van der Waals surface area (Å²) >= 11 is 0. The number of ether oxygens (including phenoxy) is 14. The van der Waals surface area contributed by atoms with Crippen molar-refractivity contribution in [3.8, 4) is 28.7 Å². The van der Waals surface area contributed by atoms with Crippen molar-refractivity contribution in [2.75, 3.05) is 146 Å². The molecule has 7 aromatic rings. The highest BCUT2D eigenvalue weighted by atomic mass is 16.6. The third kappa shape index (κ3) is 20.8. The van der Waals surface area contributed by atoms with Gasteiger partial charge in [-0.15, -0.1) is 0 Å². The predicted octanol–water partition coefficient (Wildman–Crippen LogP) is 10.3. The maximum Gasteiger partial charge on any atom is 0.122 e. The first-order valence-corrected chi connectivity index (χ1v) is 34.6. The average Bonchev–Trinajstić information content (AvgIpc) is 1.83. The minimum atomic E-state index is -0.772. The molecular weight excluding hydrogens is 1230 g/mol. The summed E-state index contributed by atoms with van der Waals surface area (Å²) in [6.45, 7) is 24.3. The number of hydrogen-bond acceptors (Lipinski definition) is 18. The summed E-state index contributed by atoms with van der Waals surface area (Å²) in [7, 11) is 0. The van der Waals surface area contributed by atoms with Gasteiger partial charge in [0.1, 0.15) is 86.2 Å². The quantitative estimate of drug-likeness (QED) is 0.0365. The molecule has 9 atom stereocenters. The molecule has 1 N–H and O–H groups in total. The molecule has 9 heterocycles. The number of nitrogens with zero attached hydrogens (tertiary/aromatic N) is 3. The Labute approximate surface area is 570 Å². The maximum atomic E-state index is 10.5. The lowest BCUT2D eigenvalue weighted by Gasteiger charge is -2.26. The molecule has 97 heavy (non-hydrogen) atoms. The van der Waals surface area contributed by atoms with Crippen molar-refractivity contribution >= 4 is 17.1 Å². The first-order chi connectivity index (χ1) is 47.3. The Kier molecular flexibility index (Phi) is 21.2. The van der Waals surface area contributed by atoms with E-state index in [9.17, 15) is 5.11 Å². The minimum absolute atomic E-state index is 0.134.